The Labute approximate surface area is 73.3 Å². The van der Waals surface area contributed by atoms with Crippen LogP contribution in [0.15, 0.2) is 10.6 Å². The van der Waals surface area contributed by atoms with Gasteiger partial charge in [-0.25, -0.2) is 4.79 Å². The first-order valence-corrected chi connectivity index (χ1v) is 3.81. The van der Waals surface area contributed by atoms with Gasteiger partial charge in [0.15, 0.2) is 0 Å². The van der Waals surface area contributed by atoms with Gasteiger partial charge in [0.1, 0.15) is 11.5 Å². The van der Waals surface area contributed by atoms with E-state index in [1.165, 1.54) is 0 Å². The van der Waals surface area contributed by atoms with Crippen LogP contribution in [0.4, 0.5) is 0 Å². The summed E-state index contributed by atoms with van der Waals surface area (Å²) in [6, 6.07) is 0. The van der Waals surface area contributed by atoms with Crippen LogP contribution in [0.1, 0.15) is 28.2 Å². The van der Waals surface area contributed by atoms with Crippen molar-refractivity contribution in [3.63, 3.8) is 0 Å². The zero-order valence-electron chi connectivity index (χ0n) is 6.65. The first-order chi connectivity index (χ1) is 6.20. The summed E-state index contributed by atoms with van der Waals surface area (Å²) in [5.41, 5.74) is 0.00204. The van der Waals surface area contributed by atoms with Gasteiger partial charge in [0, 0.05) is 6.42 Å². The normalized spacial score (nSPS) is 14.9. The summed E-state index contributed by atoms with van der Waals surface area (Å²) in [4.78, 5) is 10.6. The second kappa shape index (κ2) is 2.62. The first kappa shape index (κ1) is 7.85. The van der Waals surface area contributed by atoms with Gasteiger partial charge in [-0.3, -0.25) is 0 Å². The minimum Gasteiger partial charge on any atom is -0.507 e. The van der Waals surface area contributed by atoms with E-state index >= 15 is 0 Å². The molecular weight excluding hydrogens is 174 g/mol. The van der Waals surface area contributed by atoms with Crippen molar-refractivity contribution in [2.45, 2.75) is 12.8 Å². The summed E-state index contributed by atoms with van der Waals surface area (Å²) in [6.45, 7) is 0. The summed E-state index contributed by atoms with van der Waals surface area (Å²) in [5.74, 6) is -0.802. The molecule has 0 bridgehead atoms. The molecule has 5 heteroatoms. The number of aromatic carboxylic acids is 1. The molecule has 5 nitrogen and oxygen atoms in total. The molecule has 1 aliphatic carbocycles. The molecule has 0 aromatic carbocycles. The van der Waals surface area contributed by atoms with Crippen LogP contribution in [-0.2, 0) is 6.42 Å². The molecule has 0 atom stereocenters. The van der Waals surface area contributed by atoms with Gasteiger partial charge in [0.25, 0.3) is 0 Å². The third-order valence-electron chi connectivity index (χ3n) is 1.93. The Hall–Kier alpha value is -1.78. The summed E-state index contributed by atoms with van der Waals surface area (Å²) in [7, 11) is 0. The van der Waals surface area contributed by atoms with E-state index in [0.29, 0.717) is 18.6 Å². The van der Waals surface area contributed by atoms with E-state index in [-0.39, 0.29) is 17.0 Å². The Kier molecular flexibility index (Phi) is 1.58. The van der Waals surface area contributed by atoms with Crippen LogP contribution in [0, 0.1) is 0 Å². The number of hydrogen-bond acceptors (Lipinski definition) is 4. The molecule has 1 aromatic heterocycles. The molecule has 0 fully saturated rings. The van der Waals surface area contributed by atoms with Gasteiger partial charge >= 0.3 is 5.97 Å². The molecule has 0 saturated carbocycles. The number of nitrogens with zero attached hydrogens (tertiary/aromatic N) is 1. The highest BCUT2D eigenvalue weighted by Gasteiger charge is 2.25. The van der Waals surface area contributed by atoms with Gasteiger partial charge in [-0.1, -0.05) is 5.16 Å². The molecule has 2 rings (SSSR count). The van der Waals surface area contributed by atoms with Crippen molar-refractivity contribution < 1.29 is 19.5 Å². The molecule has 1 heterocycles. The third-order valence-corrected chi connectivity index (χ3v) is 1.93. The summed E-state index contributed by atoms with van der Waals surface area (Å²) < 4.78 is 4.79. The zero-order valence-corrected chi connectivity index (χ0v) is 6.65. The van der Waals surface area contributed by atoms with E-state index in [9.17, 15) is 9.90 Å². The molecule has 0 spiro atoms. The lowest BCUT2D eigenvalue weighted by Gasteiger charge is -2.05. The first-order valence-electron chi connectivity index (χ1n) is 3.81. The van der Waals surface area contributed by atoms with Crippen LogP contribution in [0.2, 0.25) is 0 Å². The standard InChI is InChI=1S/C8H7NO4/c10-4-2-1-3-5-6(4)7(8(11)12)9-13-5/h2,10H,1,3H2,(H,11,12). The van der Waals surface area contributed by atoms with Crippen molar-refractivity contribution in [2.24, 2.45) is 0 Å². The number of carbonyl (C=O) groups is 1. The molecule has 0 saturated heterocycles. The molecule has 2 N–H and O–H groups in total. The molecule has 0 amide bonds. The number of rotatable bonds is 1. The zero-order chi connectivity index (χ0) is 9.42. The van der Waals surface area contributed by atoms with Gasteiger partial charge in [0.05, 0.1) is 5.56 Å². The Morgan fingerprint density at radius 3 is 3.08 bits per heavy atom. The van der Waals surface area contributed by atoms with E-state index in [0.717, 1.165) is 0 Å². The van der Waals surface area contributed by atoms with E-state index < -0.39 is 5.97 Å². The molecule has 13 heavy (non-hydrogen) atoms. The molecule has 0 aliphatic heterocycles. The number of aryl methyl sites for hydroxylation is 1. The number of carboxylic acid groups (broad SMARTS) is 1. The van der Waals surface area contributed by atoms with Crippen LogP contribution in [0.25, 0.3) is 5.76 Å². The van der Waals surface area contributed by atoms with E-state index in [2.05, 4.69) is 5.16 Å². The lowest BCUT2D eigenvalue weighted by atomic mass is 10.0. The Morgan fingerprint density at radius 2 is 2.38 bits per heavy atom. The van der Waals surface area contributed by atoms with Crippen molar-refractivity contribution in [3.05, 3.63) is 23.1 Å². The molecule has 1 aromatic rings. The van der Waals surface area contributed by atoms with E-state index in [1.54, 1.807) is 6.08 Å². The average molecular weight is 181 g/mol. The Balaban J connectivity index is 2.59. The predicted octanol–water partition coefficient (Wildman–Crippen LogP) is 1.22. The molecule has 68 valence electrons. The highest BCUT2D eigenvalue weighted by molar-refractivity contribution is 5.91. The second-order valence-electron chi connectivity index (χ2n) is 2.76. The smallest absolute Gasteiger partial charge is 0.358 e. The molecular formula is C8H7NO4. The van der Waals surface area contributed by atoms with Crippen LogP contribution < -0.4 is 0 Å². The minimum atomic E-state index is -1.19. The Bertz CT molecular complexity index is 391. The maximum absolute atomic E-state index is 10.6. The quantitative estimate of drug-likeness (QED) is 0.680. The number of aromatic nitrogens is 1. The van der Waals surface area contributed by atoms with Gasteiger partial charge in [-0.15, -0.1) is 0 Å². The van der Waals surface area contributed by atoms with Crippen LogP contribution in [0.3, 0.4) is 0 Å². The Morgan fingerprint density at radius 1 is 1.62 bits per heavy atom. The maximum atomic E-state index is 10.6. The van der Waals surface area contributed by atoms with Crippen LogP contribution in [0.5, 0.6) is 0 Å². The number of aliphatic hydroxyl groups is 1. The lowest BCUT2D eigenvalue weighted by molar-refractivity contribution is 0.0685. The summed E-state index contributed by atoms with van der Waals surface area (Å²) in [6.07, 6.45) is 2.79. The van der Waals surface area contributed by atoms with Crippen LogP contribution >= 0.6 is 0 Å². The van der Waals surface area contributed by atoms with Gasteiger partial charge in [0.2, 0.25) is 5.69 Å². The minimum absolute atomic E-state index is 0.0556. The SMILES string of the molecule is O=C(O)c1noc2c1C(O)=CCC2. The predicted molar refractivity (Wildman–Crippen MR) is 42.4 cm³/mol. The largest absolute Gasteiger partial charge is 0.507 e. The van der Waals surface area contributed by atoms with Gasteiger partial charge < -0.3 is 14.7 Å². The second-order valence-corrected chi connectivity index (χ2v) is 2.76. The van der Waals surface area contributed by atoms with Crippen molar-refractivity contribution >= 4 is 11.7 Å². The lowest BCUT2D eigenvalue weighted by Crippen LogP contribution is -2.04. The number of hydrogen-bond donors (Lipinski definition) is 2. The highest BCUT2D eigenvalue weighted by atomic mass is 16.5. The van der Waals surface area contributed by atoms with Crippen molar-refractivity contribution in [1.29, 1.82) is 0 Å². The fraction of sp³-hybridized carbons (Fsp3) is 0.250. The fourth-order valence-electron chi connectivity index (χ4n) is 1.35. The summed E-state index contributed by atoms with van der Waals surface area (Å²) in [5, 5.41) is 21.4. The third kappa shape index (κ3) is 1.09. The number of allylic oxidation sites excluding steroid dienone is 1. The number of fused-ring (bicyclic) bond motifs is 1. The molecule has 1 aliphatic rings. The van der Waals surface area contributed by atoms with E-state index in [4.69, 9.17) is 9.63 Å². The van der Waals surface area contributed by atoms with Crippen molar-refractivity contribution in [3.8, 4) is 0 Å². The summed E-state index contributed by atoms with van der Waals surface area (Å²) >= 11 is 0. The fourth-order valence-corrected chi connectivity index (χ4v) is 1.35. The number of aliphatic hydroxyl groups excluding tert-OH is 1. The average Bonchev–Trinajstić information content (AvgIpc) is 2.49. The molecule has 0 radical (unpaired) electrons. The van der Waals surface area contributed by atoms with Gasteiger partial charge in [-0.2, -0.15) is 0 Å². The van der Waals surface area contributed by atoms with E-state index in [1.807, 2.05) is 0 Å². The maximum Gasteiger partial charge on any atom is 0.358 e. The van der Waals surface area contributed by atoms with Crippen LogP contribution in [-0.4, -0.2) is 21.3 Å². The monoisotopic (exact) mass is 181 g/mol. The topological polar surface area (TPSA) is 83.6 Å². The number of carboxylic acids is 1. The van der Waals surface area contributed by atoms with Crippen molar-refractivity contribution in [2.75, 3.05) is 0 Å². The van der Waals surface area contributed by atoms with Crippen molar-refractivity contribution in [1.82, 2.24) is 5.16 Å². The molecule has 0 unspecified atom stereocenters. The van der Waals surface area contributed by atoms with Gasteiger partial charge in [-0.05, 0) is 12.5 Å². The highest BCUT2D eigenvalue weighted by Crippen LogP contribution is 2.27.